The van der Waals surface area contributed by atoms with Crippen molar-refractivity contribution >= 4 is 29.1 Å². The second-order valence-electron chi connectivity index (χ2n) is 5.20. The van der Waals surface area contributed by atoms with Gasteiger partial charge >= 0.3 is 17.3 Å². The summed E-state index contributed by atoms with van der Waals surface area (Å²) >= 11 is -1.19. The fourth-order valence-electron chi connectivity index (χ4n) is 2.06. The predicted molar refractivity (Wildman–Crippen MR) is 92.8 cm³/mol. The van der Waals surface area contributed by atoms with Crippen LogP contribution in [0.4, 0.5) is 0 Å². The Labute approximate surface area is 146 Å². The molecule has 0 radical (unpaired) electrons. The number of benzene rings is 2. The molecule has 0 aliphatic carbocycles. The third-order valence-corrected chi connectivity index (χ3v) is 4.88. The number of hydrogen-bond donors (Lipinski definition) is 3. The van der Waals surface area contributed by atoms with Crippen LogP contribution < -0.4 is 5.73 Å². The van der Waals surface area contributed by atoms with E-state index in [0.29, 0.717) is 16.2 Å². The van der Waals surface area contributed by atoms with Crippen LogP contribution in [0.5, 0.6) is 0 Å². The minimum atomic E-state index is -2.54. The van der Waals surface area contributed by atoms with Gasteiger partial charge in [0.2, 0.25) is 0 Å². The van der Waals surface area contributed by atoms with E-state index in [2.05, 4.69) is 0 Å². The maximum absolute atomic E-state index is 11.4. The van der Waals surface area contributed by atoms with Crippen molar-refractivity contribution in [1.29, 1.82) is 0 Å². The molecule has 0 spiro atoms. The zero-order chi connectivity index (χ0) is 17.7. The number of nitrogens with two attached hydrogens (primary N) is 1. The van der Waals surface area contributed by atoms with Crippen molar-refractivity contribution in [3.63, 3.8) is 0 Å². The lowest BCUT2D eigenvalue weighted by atomic mass is 10.0. The topological polar surface area (TPSA) is 110 Å². The van der Waals surface area contributed by atoms with Crippen LogP contribution in [0.25, 0.3) is 0 Å². The molecule has 24 heavy (non-hydrogen) atoms. The number of aromatic carboxylic acids is 1. The highest BCUT2D eigenvalue weighted by Gasteiger charge is 2.26. The zero-order valence-corrected chi connectivity index (χ0v) is 14.5. The molecule has 2 rings (SSSR count). The quantitative estimate of drug-likeness (QED) is 0.392. The highest BCUT2D eigenvalue weighted by molar-refractivity contribution is 7.98. The lowest BCUT2D eigenvalue weighted by molar-refractivity contribution is 0.0691. The van der Waals surface area contributed by atoms with Crippen LogP contribution in [0.3, 0.4) is 0 Å². The van der Waals surface area contributed by atoms with Crippen LogP contribution in [-0.2, 0) is 27.0 Å². The first-order valence-corrected chi connectivity index (χ1v) is 8.95. The highest BCUT2D eigenvalue weighted by Crippen LogP contribution is 2.31. The summed E-state index contributed by atoms with van der Waals surface area (Å²) in [6.07, 6.45) is 0. The number of carboxylic acids is 1. The van der Waals surface area contributed by atoms with Crippen LogP contribution in [0, 0.1) is 0 Å². The van der Waals surface area contributed by atoms with Gasteiger partial charge in [0.1, 0.15) is 0 Å². The summed E-state index contributed by atoms with van der Waals surface area (Å²) in [4.78, 5) is 11.9. The first-order chi connectivity index (χ1) is 11.3. The van der Waals surface area contributed by atoms with Gasteiger partial charge in [0.25, 0.3) is 0 Å². The van der Waals surface area contributed by atoms with E-state index in [9.17, 15) is 14.1 Å². The maximum Gasteiger partial charge on any atom is 0.336 e. The molecule has 0 heterocycles. The highest BCUT2D eigenvalue weighted by atomic mass is 32.2. The van der Waals surface area contributed by atoms with Crippen molar-refractivity contribution in [1.82, 2.24) is 0 Å². The molecule has 0 bridgehead atoms. The molecular formula is C16H17NO5S2. The van der Waals surface area contributed by atoms with E-state index in [1.807, 2.05) is 30.3 Å². The Kier molecular flexibility index (Phi) is 6.14. The minimum absolute atomic E-state index is 0.139. The van der Waals surface area contributed by atoms with Gasteiger partial charge in [0.15, 0.2) is 5.72 Å². The summed E-state index contributed by atoms with van der Waals surface area (Å²) in [7, 11) is 0. The molecule has 0 fully saturated rings. The fraction of sp³-hybridized carbons (Fsp3) is 0.188. The van der Waals surface area contributed by atoms with Crippen molar-refractivity contribution in [3.8, 4) is 0 Å². The lowest BCUT2D eigenvalue weighted by Crippen LogP contribution is -2.36. The average Bonchev–Trinajstić information content (AvgIpc) is 2.52. The summed E-state index contributed by atoms with van der Waals surface area (Å²) in [5.74, 6) is -0.471. The molecule has 6 nitrogen and oxygen atoms in total. The predicted octanol–water partition coefficient (Wildman–Crippen LogP) is 2.96. The van der Waals surface area contributed by atoms with E-state index in [0.717, 1.165) is 5.56 Å². The van der Waals surface area contributed by atoms with Gasteiger partial charge in [0, 0.05) is 16.2 Å². The van der Waals surface area contributed by atoms with Crippen molar-refractivity contribution in [2.45, 2.75) is 23.3 Å². The number of carboxylic acid groups (broad SMARTS) is 1. The Balaban J connectivity index is 2.31. The Hall–Kier alpha value is -1.71. The van der Waals surface area contributed by atoms with E-state index >= 15 is 0 Å². The normalized spacial score (nSPS) is 14.8. The molecule has 0 saturated carbocycles. The molecule has 0 aliphatic rings. The molecule has 2 unspecified atom stereocenters. The molecule has 2 aromatic carbocycles. The molecular weight excluding hydrogens is 350 g/mol. The summed E-state index contributed by atoms with van der Waals surface area (Å²) in [6, 6.07) is 14.1. The Morgan fingerprint density at radius 3 is 2.54 bits per heavy atom. The standard InChI is InChI=1S/C16H17NO5S2/c1-16(17,22-24(20)21)12-7-8-13(15(18)19)14(9-12)23-10-11-5-3-2-4-6-11/h2-9H,10,17H2,1H3,(H,18,19)(H,20,21). The molecule has 0 aliphatic heterocycles. The smallest absolute Gasteiger partial charge is 0.336 e. The summed E-state index contributed by atoms with van der Waals surface area (Å²) in [6.45, 7) is 1.43. The van der Waals surface area contributed by atoms with Gasteiger partial charge in [-0.1, -0.05) is 36.4 Å². The van der Waals surface area contributed by atoms with Crippen LogP contribution in [0.15, 0.2) is 53.4 Å². The SMILES string of the molecule is CC(N)(OS(=O)O)c1ccc(C(=O)O)c(SCc2ccccc2)c1. The second-order valence-corrected chi connectivity index (χ2v) is 6.82. The van der Waals surface area contributed by atoms with Crippen molar-refractivity contribution in [2.24, 2.45) is 5.73 Å². The summed E-state index contributed by atoms with van der Waals surface area (Å²) in [5, 5.41) is 9.34. The Bertz CT molecular complexity index is 749. The lowest BCUT2D eigenvalue weighted by Gasteiger charge is -2.23. The minimum Gasteiger partial charge on any atom is -0.478 e. The van der Waals surface area contributed by atoms with Crippen LogP contribution in [0.1, 0.15) is 28.4 Å². The van der Waals surface area contributed by atoms with E-state index in [4.69, 9.17) is 14.5 Å². The molecule has 0 aromatic heterocycles. The molecule has 0 saturated heterocycles. The van der Waals surface area contributed by atoms with Gasteiger partial charge in [0.05, 0.1) is 5.56 Å². The first kappa shape index (κ1) is 18.6. The number of carbonyl (C=O) groups is 1. The van der Waals surface area contributed by atoms with Crippen LogP contribution >= 0.6 is 11.8 Å². The monoisotopic (exact) mass is 367 g/mol. The third kappa shape index (κ3) is 4.89. The molecule has 2 atom stereocenters. The van der Waals surface area contributed by atoms with E-state index in [1.165, 1.54) is 30.8 Å². The van der Waals surface area contributed by atoms with Gasteiger partial charge in [-0.2, -0.15) is 4.21 Å². The van der Waals surface area contributed by atoms with Crippen molar-refractivity contribution in [2.75, 3.05) is 0 Å². The molecule has 0 amide bonds. The van der Waals surface area contributed by atoms with Gasteiger partial charge in [-0.15, -0.1) is 11.8 Å². The molecule has 4 N–H and O–H groups in total. The largest absolute Gasteiger partial charge is 0.478 e. The Morgan fingerprint density at radius 1 is 1.29 bits per heavy atom. The second kappa shape index (κ2) is 7.91. The van der Waals surface area contributed by atoms with Crippen molar-refractivity contribution < 1.29 is 22.8 Å². The fourth-order valence-corrected chi connectivity index (χ4v) is 3.49. The van der Waals surface area contributed by atoms with Crippen LogP contribution in [0.2, 0.25) is 0 Å². The third-order valence-electron chi connectivity index (χ3n) is 3.27. The number of hydrogen-bond acceptors (Lipinski definition) is 5. The summed E-state index contributed by atoms with van der Waals surface area (Å²) < 4.78 is 24.5. The number of rotatable bonds is 7. The van der Waals surface area contributed by atoms with Crippen LogP contribution in [-0.4, -0.2) is 19.8 Å². The van der Waals surface area contributed by atoms with E-state index in [1.54, 1.807) is 6.07 Å². The maximum atomic E-state index is 11.4. The Morgan fingerprint density at radius 2 is 1.96 bits per heavy atom. The van der Waals surface area contributed by atoms with Gasteiger partial charge in [-0.3, -0.25) is 10.3 Å². The van der Waals surface area contributed by atoms with Gasteiger partial charge < -0.3 is 5.11 Å². The van der Waals surface area contributed by atoms with Gasteiger partial charge in [-0.25, -0.2) is 8.98 Å². The molecule has 2 aromatic rings. The molecule has 128 valence electrons. The van der Waals surface area contributed by atoms with E-state index < -0.39 is 23.1 Å². The summed E-state index contributed by atoms with van der Waals surface area (Å²) in [5.41, 5.74) is 5.99. The molecule has 8 heteroatoms. The first-order valence-electron chi connectivity index (χ1n) is 6.93. The average molecular weight is 367 g/mol. The van der Waals surface area contributed by atoms with E-state index in [-0.39, 0.29) is 5.56 Å². The zero-order valence-electron chi connectivity index (χ0n) is 12.8. The van der Waals surface area contributed by atoms with Gasteiger partial charge in [-0.05, 0) is 24.6 Å². The number of thioether (sulfide) groups is 1. The van der Waals surface area contributed by atoms with Crippen molar-refractivity contribution in [3.05, 3.63) is 65.2 Å².